The fourth-order valence-corrected chi connectivity index (χ4v) is 7.03. The summed E-state index contributed by atoms with van der Waals surface area (Å²) in [7, 11) is -3.66. The highest BCUT2D eigenvalue weighted by Crippen LogP contribution is 2.29. The van der Waals surface area contributed by atoms with Crippen LogP contribution in [0.25, 0.3) is 0 Å². The molecule has 3 heterocycles. The van der Waals surface area contributed by atoms with E-state index in [2.05, 4.69) is 5.32 Å². The van der Waals surface area contributed by atoms with E-state index in [9.17, 15) is 18.0 Å². The molecule has 2 aliphatic heterocycles. The number of rotatable bonds is 6. The first kappa shape index (κ1) is 22.9. The van der Waals surface area contributed by atoms with Crippen molar-refractivity contribution >= 4 is 33.2 Å². The van der Waals surface area contributed by atoms with Crippen LogP contribution >= 0.6 is 11.3 Å². The summed E-state index contributed by atoms with van der Waals surface area (Å²) in [5.41, 5.74) is 1.49. The summed E-state index contributed by atoms with van der Waals surface area (Å²) in [5, 5.41) is 4.60. The van der Waals surface area contributed by atoms with Gasteiger partial charge in [-0.05, 0) is 43.7 Å². The fourth-order valence-electron chi connectivity index (χ4n) is 4.26. The van der Waals surface area contributed by atoms with Crippen molar-refractivity contribution in [3.05, 3.63) is 52.9 Å². The Bertz CT molecular complexity index is 1040. The van der Waals surface area contributed by atoms with Gasteiger partial charge in [0.25, 0.3) is 15.9 Å². The Hall–Kier alpha value is -2.23. The zero-order chi connectivity index (χ0) is 22.6. The second kappa shape index (κ2) is 10.1. The number of nitrogens with one attached hydrogen (secondary N) is 1. The third-order valence-electron chi connectivity index (χ3n) is 6.19. The third kappa shape index (κ3) is 5.22. The Labute approximate surface area is 193 Å². The minimum Gasteiger partial charge on any atom is -0.352 e. The molecule has 4 rings (SSSR count). The van der Waals surface area contributed by atoms with Crippen LogP contribution in [0.4, 0.5) is 0 Å². The van der Waals surface area contributed by atoms with Crippen LogP contribution in [0.3, 0.4) is 0 Å². The lowest BCUT2D eigenvalue weighted by Crippen LogP contribution is -2.42. The van der Waals surface area contributed by atoms with Gasteiger partial charge >= 0.3 is 0 Å². The maximum atomic E-state index is 13.1. The molecule has 1 N–H and O–H groups in total. The number of hydrogen-bond acceptors (Lipinski definition) is 5. The second-order valence-corrected chi connectivity index (χ2v) is 11.5. The maximum absolute atomic E-state index is 13.1. The van der Waals surface area contributed by atoms with E-state index >= 15 is 0 Å². The maximum Gasteiger partial charge on any atom is 0.254 e. The van der Waals surface area contributed by atoms with Gasteiger partial charge in [0.2, 0.25) is 5.91 Å². The van der Waals surface area contributed by atoms with Gasteiger partial charge in [-0.15, -0.1) is 11.3 Å². The van der Waals surface area contributed by atoms with Crippen LogP contribution in [0.5, 0.6) is 0 Å². The Morgan fingerprint density at radius 2 is 1.69 bits per heavy atom. The number of hydrogen-bond donors (Lipinski definition) is 1. The molecule has 0 unspecified atom stereocenters. The van der Waals surface area contributed by atoms with E-state index in [1.807, 2.05) is 35.2 Å². The van der Waals surface area contributed by atoms with Gasteiger partial charge in [-0.25, -0.2) is 8.42 Å². The molecule has 172 valence electrons. The molecule has 0 bridgehead atoms. The van der Waals surface area contributed by atoms with E-state index in [0.717, 1.165) is 49.3 Å². The standard InChI is InChI=1S/C23H29N3O4S2/c27-22(24-16-18-7-3-1-4-8-18)19-9-13-26(14-10-19)32(29,30)21-15-20(17-31-21)23(28)25-11-5-2-6-12-25/h1,3-4,7-8,15,17,19H,2,5-6,9-14,16H2,(H,24,27). The highest BCUT2D eigenvalue weighted by molar-refractivity contribution is 7.91. The molecule has 32 heavy (non-hydrogen) atoms. The van der Waals surface area contributed by atoms with Crippen molar-refractivity contribution in [2.45, 2.75) is 42.9 Å². The summed E-state index contributed by atoms with van der Waals surface area (Å²) in [6.45, 7) is 2.55. The lowest BCUT2D eigenvalue weighted by molar-refractivity contribution is -0.126. The van der Waals surface area contributed by atoms with Crippen molar-refractivity contribution < 1.29 is 18.0 Å². The third-order valence-corrected chi connectivity index (χ3v) is 9.51. The quantitative estimate of drug-likeness (QED) is 0.696. The minimum absolute atomic E-state index is 0.0311. The predicted octanol–water partition coefficient (Wildman–Crippen LogP) is 3.09. The van der Waals surface area contributed by atoms with Gasteiger partial charge in [-0.2, -0.15) is 4.31 Å². The minimum atomic E-state index is -3.66. The number of amides is 2. The topological polar surface area (TPSA) is 86.8 Å². The molecule has 2 saturated heterocycles. The summed E-state index contributed by atoms with van der Waals surface area (Å²) < 4.78 is 27.8. The molecule has 2 amide bonds. The van der Waals surface area contributed by atoms with Crippen LogP contribution in [0.15, 0.2) is 46.0 Å². The van der Waals surface area contributed by atoms with Crippen LogP contribution in [0, 0.1) is 5.92 Å². The molecule has 0 spiro atoms. The van der Waals surface area contributed by atoms with E-state index in [4.69, 9.17) is 0 Å². The first-order valence-corrected chi connectivity index (χ1v) is 13.5. The van der Waals surface area contributed by atoms with Crippen LogP contribution < -0.4 is 5.32 Å². The summed E-state index contributed by atoms with van der Waals surface area (Å²) in [6.07, 6.45) is 4.10. The van der Waals surface area contributed by atoms with Gasteiger partial charge < -0.3 is 10.2 Å². The van der Waals surface area contributed by atoms with Crippen molar-refractivity contribution in [3.8, 4) is 0 Å². The Balaban J connectivity index is 1.32. The van der Waals surface area contributed by atoms with Crippen molar-refractivity contribution in [1.29, 1.82) is 0 Å². The van der Waals surface area contributed by atoms with Gasteiger partial charge in [0, 0.05) is 44.0 Å². The summed E-state index contributed by atoms with van der Waals surface area (Å²) >= 11 is 1.10. The predicted molar refractivity (Wildman–Crippen MR) is 124 cm³/mol. The highest BCUT2D eigenvalue weighted by Gasteiger charge is 2.33. The van der Waals surface area contributed by atoms with Crippen molar-refractivity contribution in [2.75, 3.05) is 26.2 Å². The average Bonchev–Trinajstić information content (AvgIpc) is 3.35. The zero-order valence-electron chi connectivity index (χ0n) is 18.0. The first-order valence-electron chi connectivity index (χ1n) is 11.1. The number of piperidine rings is 2. The second-order valence-electron chi connectivity index (χ2n) is 8.39. The van der Waals surface area contributed by atoms with E-state index < -0.39 is 10.0 Å². The SMILES string of the molecule is O=C(NCc1ccccc1)C1CCN(S(=O)(=O)c2cc(C(=O)N3CCCCC3)cs2)CC1. The van der Waals surface area contributed by atoms with Gasteiger partial charge in [0.05, 0.1) is 5.56 Å². The lowest BCUT2D eigenvalue weighted by atomic mass is 9.97. The number of carbonyl (C=O) groups excluding carboxylic acids is 2. The van der Waals surface area contributed by atoms with E-state index in [1.54, 1.807) is 5.38 Å². The zero-order valence-corrected chi connectivity index (χ0v) is 19.7. The van der Waals surface area contributed by atoms with Crippen LogP contribution in [0.1, 0.15) is 48.0 Å². The normalized spacial score (nSPS) is 18.4. The first-order chi connectivity index (χ1) is 15.4. The average molecular weight is 476 g/mol. The number of sulfonamides is 1. The molecular weight excluding hydrogens is 446 g/mol. The van der Waals surface area contributed by atoms with Crippen LogP contribution in [-0.4, -0.2) is 55.6 Å². The summed E-state index contributed by atoms with van der Waals surface area (Å²) in [4.78, 5) is 27.0. The number of likely N-dealkylation sites (tertiary alicyclic amines) is 1. The molecule has 1 aromatic carbocycles. The largest absolute Gasteiger partial charge is 0.352 e. The molecule has 2 aromatic rings. The number of thiophene rings is 1. The van der Waals surface area contributed by atoms with Crippen LogP contribution in [0.2, 0.25) is 0 Å². The van der Waals surface area contributed by atoms with Gasteiger partial charge in [-0.1, -0.05) is 30.3 Å². The molecule has 2 aliphatic rings. The fraction of sp³-hybridized carbons (Fsp3) is 0.478. The highest BCUT2D eigenvalue weighted by atomic mass is 32.2. The van der Waals surface area contributed by atoms with E-state index in [1.165, 1.54) is 10.4 Å². The summed E-state index contributed by atoms with van der Waals surface area (Å²) in [5.74, 6) is -0.308. The molecule has 0 saturated carbocycles. The Kier molecular flexibility index (Phi) is 7.27. The molecule has 0 atom stereocenters. The van der Waals surface area contributed by atoms with Crippen molar-refractivity contribution in [3.63, 3.8) is 0 Å². The van der Waals surface area contributed by atoms with Crippen molar-refractivity contribution in [2.24, 2.45) is 5.92 Å². The molecule has 9 heteroatoms. The monoisotopic (exact) mass is 475 g/mol. The van der Waals surface area contributed by atoms with E-state index in [-0.39, 0.29) is 21.9 Å². The Morgan fingerprint density at radius 3 is 2.38 bits per heavy atom. The number of nitrogens with zero attached hydrogens (tertiary/aromatic N) is 2. The molecule has 0 aliphatic carbocycles. The van der Waals surface area contributed by atoms with Gasteiger partial charge in [-0.3, -0.25) is 9.59 Å². The molecular formula is C23H29N3O4S2. The molecule has 1 aromatic heterocycles. The van der Waals surface area contributed by atoms with Crippen LogP contribution in [-0.2, 0) is 21.4 Å². The molecule has 0 radical (unpaired) electrons. The van der Waals surface area contributed by atoms with Gasteiger partial charge in [0.1, 0.15) is 4.21 Å². The lowest BCUT2D eigenvalue weighted by Gasteiger charge is -2.30. The summed E-state index contributed by atoms with van der Waals surface area (Å²) in [6, 6.07) is 11.2. The van der Waals surface area contributed by atoms with E-state index in [0.29, 0.717) is 38.0 Å². The Morgan fingerprint density at radius 1 is 1.00 bits per heavy atom. The molecule has 2 fully saturated rings. The molecule has 7 nitrogen and oxygen atoms in total. The van der Waals surface area contributed by atoms with Gasteiger partial charge in [0.15, 0.2) is 0 Å². The number of carbonyl (C=O) groups is 2. The smallest absolute Gasteiger partial charge is 0.254 e. The van der Waals surface area contributed by atoms with Crippen molar-refractivity contribution in [1.82, 2.24) is 14.5 Å². The number of benzene rings is 1.